The highest BCUT2D eigenvalue weighted by atomic mass is 127. The number of alkyl halides is 1. The van der Waals surface area contributed by atoms with E-state index in [1.54, 1.807) is 0 Å². The molecule has 0 aromatic heterocycles. The van der Waals surface area contributed by atoms with Gasteiger partial charge in [0.1, 0.15) is 11.5 Å². The molecule has 5 heteroatoms. The number of hydrogen-bond acceptors (Lipinski definition) is 4. The SMILES string of the molecule is O=C1O[C@@H]2CC=C[C@@]1(CC1OCCO1)[C@H]2I. The Kier molecular flexibility index (Phi) is 2.72. The van der Waals surface area contributed by atoms with Gasteiger partial charge in [-0.1, -0.05) is 34.7 Å². The first-order valence-electron chi connectivity index (χ1n) is 5.48. The summed E-state index contributed by atoms with van der Waals surface area (Å²) in [6, 6.07) is 0. The van der Waals surface area contributed by atoms with E-state index in [1.165, 1.54) is 0 Å². The summed E-state index contributed by atoms with van der Waals surface area (Å²) in [6.07, 6.45) is 5.20. The van der Waals surface area contributed by atoms with E-state index in [9.17, 15) is 4.79 Å². The van der Waals surface area contributed by atoms with E-state index in [0.29, 0.717) is 19.6 Å². The summed E-state index contributed by atoms with van der Waals surface area (Å²) in [7, 11) is 0. The monoisotopic (exact) mass is 336 g/mol. The van der Waals surface area contributed by atoms with Crippen LogP contribution in [0.3, 0.4) is 0 Å². The van der Waals surface area contributed by atoms with Crippen molar-refractivity contribution in [1.29, 1.82) is 0 Å². The summed E-state index contributed by atoms with van der Waals surface area (Å²) in [5.74, 6) is -0.121. The molecular formula is C11H13IO4. The zero-order valence-electron chi connectivity index (χ0n) is 8.73. The first-order chi connectivity index (χ1) is 7.72. The predicted octanol–water partition coefficient (Wildman–Crippen LogP) is 1.42. The van der Waals surface area contributed by atoms with Gasteiger partial charge >= 0.3 is 5.97 Å². The third kappa shape index (κ3) is 1.52. The van der Waals surface area contributed by atoms with Crippen molar-refractivity contribution in [3.05, 3.63) is 12.2 Å². The van der Waals surface area contributed by atoms with Gasteiger partial charge in [-0.3, -0.25) is 4.79 Å². The van der Waals surface area contributed by atoms with Crippen molar-refractivity contribution >= 4 is 28.6 Å². The molecule has 2 saturated heterocycles. The lowest BCUT2D eigenvalue weighted by Gasteiger charge is -2.29. The van der Waals surface area contributed by atoms with E-state index < -0.39 is 5.41 Å². The Morgan fingerprint density at radius 1 is 1.44 bits per heavy atom. The highest BCUT2D eigenvalue weighted by molar-refractivity contribution is 14.1. The van der Waals surface area contributed by atoms with E-state index in [1.807, 2.05) is 12.2 Å². The molecule has 2 aliphatic heterocycles. The predicted molar refractivity (Wildman–Crippen MR) is 64.2 cm³/mol. The number of carbonyl (C=O) groups excluding carboxylic acids is 1. The molecule has 0 aromatic rings. The van der Waals surface area contributed by atoms with Gasteiger partial charge in [0, 0.05) is 12.8 Å². The van der Waals surface area contributed by atoms with Crippen molar-refractivity contribution in [2.45, 2.75) is 29.2 Å². The minimum atomic E-state index is -0.529. The van der Waals surface area contributed by atoms with Crippen LogP contribution >= 0.6 is 22.6 Å². The molecule has 0 radical (unpaired) electrons. The van der Waals surface area contributed by atoms with Gasteiger partial charge in [-0.2, -0.15) is 0 Å². The molecule has 3 atom stereocenters. The first kappa shape index (κ1) is 11.0. The fraction of sp³-hybridized carbons (Fsp3) is 0.727. The third-order valence-corrected chi connectivity index (χ3v) is 5.35. The summed E-state index contributed by atoms with van der Waals surface area (Å²) in [5, 5.41) is 0. The topological polar surface area (TPSA) is 44.8 Å². The van der Waals surface area contributed by atoms with Crippen LogP contribution in [0.1, 0.15) is 12.8 Å². The molecule has 0 saturated carbocycles. The zero-order chi connectivity index (χ0) is 11.2. The van der Waals surface area contributed by atoms with Crippen molar-refractivity contribution in [2.24, 2.45) is 5.41 Å². The van der Waals surface area contributed by atoms with Crippen LogP contribution in [0.2, 0.25) is 0 Å². The molecule has 0 unspecified atom stereocenters. The van der Waals surface area contributed by atoms with E-state index >= 15 is 0 Å². The Balaban J connectivity index is 1.85. The molecule has 3 rings (SSSR count). The summed E-state index contributed by atoms with van der Waals surface area (Å²) in [4.78, 5) is 12.0. The van der Waals surface area contributed by atoms with Gasteiger partial charge in [0.05, 0.1) is 17.1 Å². The lowest BCUT2D eigenvalue weighted by molar-refractivity contribution is -0.150. The molecule has 2 bridgehead atoms. The Morgan fingerprint density at radius 3 is 2.94 bits per heavy atom. The van der Waals surface area contributed by atoms with E-state index in [2.05, 4.69) is 22.6 Å². The number of halogens is 1. The van der Waals surface area contributed by atoms with Crippen LogP contribution in [-0.2, 0) is 19.0 Å². The average molecular weight is 336 g/mol. The first-order valence-corrected chi connectivity index (χ1v) is 6.73. The molecule has 0 N–H and O–H groups in total. The fourth-order valence-electron chi connectivity index (χ4n) is 2.56. The second kappa shape index (κ2) is 3.96. The zero-order valence-corrected chi connectivity index (χ0v) is 10.9. The van der Waals surface area contributed by atoms with E-state index in [0.717, 1.165) is 6.42 Å². The molecule has 4 nitrogen and oxygen atoms in total. The van der Waals surface area contributed by atoms with Crippen LogP contribution in [0.5, 0.6) is 0 Å². The van der Waals surface area contributed by atoms with Gasteiger partial charge in [0.2, 0.25) is 0 Å². The van der Waals surface area contributed by atoms with Crippen LogP contribution in [0, 0.1) is 5.41 Å². The molecular weight excluding hydrogens is 323 g/mol. The van der Waals surface area contributed by atoms with Crippen LogP contribution < -0.4 is 0 Å². The maximum absolute atomic E-state index is 12.0. The largest absolute Gasteiger partial charge is 0.460 e. The highest BCUT2D eigenvalue weighted by Crippen LogP contribution is 2.49. The standard InChI is InChI=1S/C11H13IO4/c12-9-7-2-1-3-11(9,10(13)16-7)6-8-14-4-5-15-8/h1,3,7-9H,2,4-6H2/t7-,9+,11-/m1/s1. The van der Waals surface area contributed by atoms with Crippen molar-refractivity contribution in [2.75, 3.05) is 13.2 Å². The number of esters is 1. The normalized spacial score (nSPS) is 42.7. The van der Waals surface area contributed by atoms with Crippen LogP contribution in [-0.4, -0.2) is 35.5 Å². The van der Waals surface area contributed by atoms with Gasteiger partial charge in [0.15, 0.2) is 6.29 Å². The summed E-state index contributed by atoms with van der Waals surface area (Å²) >= 11 is 2.32. The molecule has 16 heavy (non-hydrogen) atoms. The average Bonchev–Trinajstić information content (AvgIpc) is 2.78. The van der Waals surface area contributed by atoms with Gasteiger partial charge in [-0.25, -0.2) is 0 Å². The molecule has 2 heterocycles. The van der Waals surface area contributed by atoms with Crippen molar-refractivity contribution in [1.82, 2.24) is 0 Å². The summed E-state index contributed by atoms with van der Waals surface area (Å²) in [5.41, 5.74) is -0.529. The molecule has 0 spiro atoms. The second-order valence-corrected chi connectivity index (χ2v) is 5.74. The Morgan fingerprint density at radius 2 is 2.19 bits per heavy atom. The maximum atomic E-state index is 12.0. The second-order valence-electron chi connectivity index (χ2n) is 4.40. The summed E-state index contributed by atoms with van der Waals surface area (Å²) < 4.78 is 16.4. The fourth-order valence-corrected chi connectivity index (χ4v) is 3.71. The number of carbonyl (C=O) groups is 1. The summed E-state index contributed by atoms with van der Waals surface area (Å²) in [6.45, 7) is 1.24. The molecule has 1 aliphatic carbocycles. The lowest BCUT2D eigenvalue weighted by atomic mass is 9.77. The minimum Gasteiger partial charge on any atom is -0.460 e. The Hall–Kier alpha value is -0.140. The quantitative estimate of drug-likeness (QED) is 0.331. The Bertz CT molecular complexity index is 337. The molecule has 0 aromatic carbocycles. The molecule has 2 fully saturated rings. The molecule has 88 valence electrons. The number of rotatable bonds is 2. The number of hydrogen-bond donors (Lipinski definition) is 0. The van der Waals surface area contributed by atoms with Crippen molar-refractivity contribution in [3.8, 4) is 0 Å². The van der Waals surface area contributed by atoms with Crippen LogP contribution in [0.15, 0.2) is 12.2 Å². The Labute approximate surface area is 107 Å². The van der Waals surface area contributed by atoms with Gasteiger partial charge in [0.25, 0.3) is 0 Å². The van der Waals surface area contributed by atoms with Crippen LogP contribution in [0.25, 0.3) is 0 Å². The number of ether oxygens (including phenoxy) is 3. The van der Waals surface area contributed by atoms with Gasteiger partial charge in [-0.15, -0.1) is 0 Å². The van der Waals surface area contributed by atoms with Crippen molar-refractivity contribution in [3.63, 3.8) is 0 Å². The third-order valence-electron chi connectivity index (χ3n) is 3.44. The lowest BCUT2D eigenvalue weighted by Crippen LogP contribution is -2.39. The van der Waals surface area contributed by atoms with Crippen molar-refractivity contribution < 1.29 is 19.0 Å². The smallest absolute Gasteiger partial charge is 0.317 e. The number of fused-ring (bicyclic) bond motifs is 2. The molecule has 0 amide bonds. The highest BCUT2D eigenvalue weighted by Gasteiger charge is 2.57. The molecule has 3 aliphatic rings. The minimum absolute atomic E-state index is 0.0273. The van der Waals surface area contributed by atoms with Gasteiger partial charge in [-0.05, 0) is 0 Å². The maximum Gasteiger partial charge on any atom is 0.317 e. The van der Waals surface area contributed by atoms with E-state index in [4.69, 9.17) is 14.2 Å². The van der Waals surface area contributed by atoms with Crippen LogP contribution in [0.4, 0.5) is 0 Å². The van der Waals surface area contributed by atoms with E-state index in [-0.39, 0.29) is 22.3 Å². The van der Waals surface area contributed by atoms with Gasteiger partial charge < -0.3 is 14.2 Å².